The monoisotopic (exact) mass is 235 g/mol. The summed E-state index contributed by atoms with van der Waals surface area (Å²) < 4.78 is 0. The molecule has 0 atom stereocenters. The first kappa shape index (κ1) is 13.2. The van der Waals surface area contributed by atoms with Crippen LogP contribution in [0.15, 0.2) is 29.4 Å². The minimum atomic E-state index is -0.419. The lowest BCUT2D eigenvalue weighted by atomic mass is 10.1. The maximum absolute atomic E-state index is 10.6. The van der Waals surface area contributed by atoms with Crippen LogP contribution in [-0.4, -0.2) is 10.6 Å². The zero-order chi connectivity index (χ0) is 12.8. The Morgan fingerprint density at radius 3 is 2.76 bits per heavy atom. The Balaban J connectivity index is 2.81. The molecule has 0 saturated heterocycles. The Labute approximate surface area is 101 Å². The largest absolute Gasteiger partial charge is 0.278 e. The van der Waals surface area contributed by atoms with Crippen molar-refractivity contribution >= 4 is 17.1 Å². The molecule has 0 saturated carbocycles. The van der Waals surface area contributed by atoms with E-state index in [4.69, 9.17) is 0 Å². The molecule has 92 valence electrons. The van der Waals surface area contributed by atoms with Crippen molar-refractivity contribution in [3.8, 4) is 0 Å². The van der Waals surface area contributed by atoms with Gasteiger partial charge < -0.3 is 0 Å². The van der Waals surface area contributed by atoms with Gasteiger partial charge in [0.05, 0.1) is 10.6 Å². The Bertz CT molecular complexity index is 428. The van der Waals surface area contributed by atoms with Crippen molar-refractivity contribution in [1.29, 1.82) is 0 Å². The van der Waals surface area contributed by atoms with E-state index in [9.17, 15) is 10.1 Å². The lowest BCUT2D eigenvalue weighted by molar-refractivity contribution is -0.384. The van der Waals surface area contributed by atoms with Gasteiger partial charge in [-0.15, -0.1) is 0 Å². The smallest absolute Gasteiger partial charge is 0.271 e. The van der Waals surface area contributed by atoms with Crippen molar-refractivity contribution < 1.29 is 4.92 Å². The SMILES string of the molecule is CC/C(=N/Nc1cccc([N+](=O)[O-])c1)C(C)C. The van der Waals surface area contributed by atoms with Gasteiger partial charge in [0.15, 0.2) is 0 Å². The molecule has 5 nitrogen and oxygen atoms in total. The van der Waals surface area contributed by atoms with Crippen LogP contribution in [-0.2, 0) is 0 Å². The number of rotatable bonds is 5. The highest BCUT2D eigenvalue weighted by Crippen LogP contribution is 2.17. The number of benzene rings is 1. The second-order valence-corrected chi connectivity index (χ2v) is 4.03. The quantitative estimate of drug-likeness (QED) is 0.483. The summed E-state index contributed by atoms with van der Waals surface area (Å²) >= 11 is 0. The first-order valence-electron chi connectivity index (χ1n) is 5.61. The number of nitro groups is 1. The summed E-state index contributed by atoms with van der Waals surface area (Å²) in [6.45, 7) is 6.17. The van der Waals surface area contributed by atoms with Gasteiger partial charge in [-0.25, -0.2) is 0 Å². The normalized spacial score (nSPS) is 11.6. The number of nitro benzene ring substituents is 1. The highest BCUT2D eigenvalue weighted by atomic mass is 16.6. The van der Waals surface area contributed by atoms with Gasteiger partial charge in [-0.05, 0) is 18.4 Å². The Morgan fingerprint density at radius 2 is 2.24 bits per heavy atom. The fraction of sp³-hybridized carbons (Fsp3) is 0.417. The summed E-state index contributed by atoms with van der Waals surface area (Å²) in [6.07, 6.45) is 0.861. The topological polar surface area (TPSA) is 67.5 Å². The molecule has 0 aliphatic rings. The Morgan fingerprint density at radius 1 is 1.53 bits per heavy atom. The summed E-state index contributed by atoms with van der Waals surface area (Å²) in [6, 6.07) is 6.32. The molecule has 0 unspecified atom stereocenters. The third-order valence-electron chi connectivity index (χ3n) is 2.41. The molecule has 1 aromatic rings. The lowest BCUT2D eigenvalue weighted by Crippen LogP contribution is -2.08. The van der Waals surface area contributed by atoms with Crippen LogP contribution in [0.25, 0.3) is 0 Å². The van der Waals surface area contributed by atoms with Gasteiger partial charge >= 0.3 is 0 Å². The molecule has 0 bridgehead atoms. The van der Waals surface area contributed by atoms with Gasteiger partial charge in [0.25, 0.3) is 5.69 Å². The Hall–Kier alpha value is -1.91. The first-order valence-corrected chi connectivity index (χ1v) is 5.61. The van der Waals surface area contributed by atoms with Crippen molar-refractivity contribution in [2.75, 3.05) is 5.43 Å². The van der Waals surface area contributed by atoms with E-state index < -0.39 is 4.92 Å². The Kier molecular flexibility index (Phi) is 4.63. The van der Waals surface area contributed by atoms with Crippen LogP contribution in [0.1, 0.15) is 27.2 Å². The van der Waals surface area contributed by atoms with Crippen LogP contribution in [0.5, 0.6) is 0 Å². The van der Waals surface area contributed by atoms with Gasteiger partial charge in [0.1, 0.15) is 0 Å². The van der Waals surface area contributed by atoms with Crippen LogP contribution in [0.3, 0.4) is 0 Å². The number of hydrazone groups is 1. The highest BCUT2D eigenvalue weighted by molar-refractivity contribution is 5.86. The zero-order valence-electron chi connectivity index (χ0n) is 10.3. The van der Waals surface area contributed by atoms with Gasteiger partial charge in [-0.2, -0.15) is 5.10 Å². The molecule has 0 radical (unpaired) electrons. The zero-order valence-corrected chi connectivity index (χ0v) is 10.3. The molecule has 5 heteroatoms. The molecule has 0 spiro atoms. The molecule has 1 aromatic carbocycles. The molecule has 1 N–H and O–H groups in total. The van der Waals surface area contributed by atoms with E-state index in [0.717, 1.165) is 12.1 Å². The standard InChI is InChI=1S/C12H17N3O2/c1-4-12(9(2)3)14-13-10-6-5-7-11(8-10)15(16)17/h5-9,13H,4H2,1-3H3/b14-12-. The molecule has 0 fully saturated rings. The van der Waals surface area contributed by atoms with E-state index in [1.165, 1.54) is 12.1 Å². The van der Waals surface area contributed by atoms with Crippen LogP contribution in [0.2, 0.25) is 0 Å². The number of nitrogens with zero attached hydrogens (tertiary/aromatic N) is 2. The number of hydrogen-bond donors (Lipinski definition) is 1. The summed E-state index contributed by atoms with van der Waals surface area (Å²) in [4.78, 5) is 10.2. The summed E-state index contributed by atoms with van der Waals surface area (Å²) in [5.74, 6) is 0.367. The molecule has 17 heavy (non-hydrogen) atoms. The van der Waals surface area contributed by atoms with Crippen LogP contribution < -0.4 is 5.43 Å². The van der Waals surface area contributed by atoms with Gasteiger partial charge in [0, 0.05) is 17.8 Å². The second-order valence-electron chi connectivity index (χ2n) is 4.03. The first-order chi connectivity index (χ1) is 8.04. The third kappa shape index (κ3) is 3.86. The predicted molar refractivity (Wildman–Crippen MR) is 69.3 cm³/mol. The summed E-state index contributed by atoms with van der Waals surface area (Å²) in [5, 5.41) is 14.9. The molecule has 0 aliphatic heterocycles. The van der Waals surface area contributed by atoms with Crippen molar-refractivity contribution in [2.45, 2.75) is 27.2 Å². The molecule has 0 aromatic heterocycles. The summed E-state index contributed by atoms with van der Waals surface area (Å²) in [5.41, 5.74) is 4.59. The van der Waals surface area contributed by atoms with Crippen LogP contribution in [0.4, 0.5) is 11.4 Å². The van der Waals surface area contributed by atoms with Crippen molar-refractivity contribution in [1.82, 2.24) is 0 Å². The molecule has 0 amide bonds. The summed E-state index contributed by atoms with van der Waals surface area (Å²) in [7, 11) is 0. The average molecular weight is 235 g/mol. The van der Waals surface area contributed by atoms with E-state index in [0.29, 0.717) is 11.6 Å². The van der Waals surface area contributed by atoms with Crippen LogP contribution in [0, 0.1) is 16.0 Å². The fourth-order valence-corrected chi connectivity index (χ4v) is 1.44. The average Bonchev–Trinajstić information content (AvgIpc) is 2.29. The van der Waals surface area contributed by atoms with Crippen molar-refractivity contribution in [3.63, 3.8) is 0 Å². The fourth-order valence-electron chi connectivity index (χ4n) is 1.44. The number of hydrogen-bond acceptors (Lipinski definition) is 4. The number of non-ortho nitro benzene ring substituents is 1. The molecular weight excluding hydrogens is 218 g/mol. The minimum absolute atomic E-state index is 0.0628. The van der Waals surface area contributed by atoms with E-state index in [-0.39, 0.29) is 5.69 Å². The number of anilines is 1. The number of nitrogens with one attached hydrogen (secondary N) is 1. The van der Waals surface area contributed by atoms with Gasteiger partial charge in [0.2, 0.25) is 0 Å². The highest BCUT2D eigenvalue weighted by Gasteiger charge is 2.06. The van der Waals surface area contributed by atoms with E-state index in [2.05, 4.69) is 24.4 Å². The molecule has 0 aliphatic carbocycles. The van der Waals surface area contributed by atoms with E-state index >= 15 is 0 Å². The molecule has 0 heterocycles. The second kappa shape index (κ2) is 5.98. The third-order valence-corrected chi connectivity index (χ3v) is 2.41. The molecular formula is C12H17N3O2. The minimum Gasteiger partial charge on any atom is -0.278 e. The maximum atomic E-state index is 10.6. The predicted octanol–water partition coefficient (Wildman–Crippen LogP) is 3.43. The van der Waals surface area contributed by atoms with Gasteiger partial charge in [-0.1, -0.05) is 26.8 Å². The van der Waals surface area contributed by atoms with Gasteiger partial charge in [-0.3, -0.25) is 15.5 Å². The molecule has 1 rings (SSSR count). The van der Waals surface area contributed by atoms with Crippen molar-refractivity contribution in [2.24, 2.45) is 11.0 Å². The van der Waals surface area contributed by atoms with Crippen LogP contribution >= 0.6 is 0 Å². The van der Waals surface area contributed by atoms with E-state index in [1.54, 1.807) is 12.1 Å². The van der Waals surface area contributed by atoms with Crippen molar-refractivity contribution in [3.05, 3.63) is 34.4 Å². The maximum Gasteiger partial charge on any atom is 0.271 e. The van der Waals surface area contributed by atoms with E-state index in [1.807, 2.05) is 6.92 Å². The lowest BCUT2D eigenvalue weighted by Gasteiger charge is -2.08.